The Balaban J connectivity index is 1.42. The van der Waals surface area contributed by atoms with Crippen LogP contribution in [0.15, 0.2) is 16.5 Å². The Kier molecular flexibility index (Phi) is 14.2. The lowest BCUT2D eigenvalue weighted by atomic mass is 10.1. The van der Waals surface area contributed by atoms with E-state index in [1.54, 1.807) is 12.1 Å². The Morgan fingerprint density at radius 2 is 1.48 bits per heavy atom. The number of ether oxygens (including phenoxy) is 3. The number of rotatable bonds is 18. The molecule has 178 valence electrons. The summed E-state index contributed by atoms with van der Waals surface area (Å²) in [6, 6.07) is 3.31. The lowest BCUT2D eigenvalue weighted by molar-refractivity contribution is 0.0179. The van der Waals surface area contributed by atoms with Gasteiger partial charge in [0, 0.05) is 25.7 Å². The molecule has 0 aliphatic carbocycles. The average molecular weight is 438 g/mol. The highest BCUT2D eigenvalue weighted by Gasteiger charge is 2.15. The van der Waals surface area contributed by atoms with Crippen LogP contribution in [0.4, 0.5) is 0 Å². The van der Waals surface area contributed by atoms with Gasteiger partial charge in [-0.1, -0.05) is 77.6 Å². The molecule has 0 atom stereocenters. The molecular formula is C25H43NO5. The quantitative estimate of drug-likeness (QED) is 0.212. The first kappa shape index (κ1) is 25.7. The lowest BCUT2D eigenvalue weighted by Crippen LogP contribution is -2.38. The molecule has 1 aliphatic heterocycles. The fourth-order valence-electron chi connectivity index (χ4n) is 3.79. The molecule has 0 amide bonds. The van der Waals surface area contributed by atoms with Gasteiger partial charge in [-0.3, -0.25) is 4.90 Å². The van der Waals surface area contributed by atoms with Crippen molar-refractivity contribution in [2.24, 2.45) is 0 Å². The Hall–Kier alpha value is -1.53. The van der Waals surface area contributed by atoms with Crippen molar-refractivity contribution in [2.75, 3.05) is 46.1 Å². The van der Waals surface area contributed by atoms with Crippen molar-refractivity contribution in [3.8, 4) is 5.95 Å². The highest BCUT2D eigenvalue weighted by molar-refractivity contribution is 5.86. The Morgan fingerprint density at radius 1 is 0.871 bits per heavy atom. The summed E-state index contributed by atoms with van der Waals surface area (Å²) >= 11 is 0. The topological polar surface area (TPSA) is 61.1 Å². The molecule has 6 heteroatoms. The van der Waals surface area contributed by atoms with Crippen molar-refractivity contribution >= 4 is 5.97 Å². The van der Waals surface area contributed by atoms with Crippen molar-refractivity contribution < 1.29 is 23.4 Å². The van der Waals surface area contributed by atoms with E-state index in [9.17, 15) is 4.79 Å². The van der Waals surface area contributed by atoms with Gasteiger partial charge in [-0.2, -0.15) is 0 Å². The molecule has 1 aliphatic rings. The number of morpholine rings is 1. The van der Waals surface area contributed by atoms with Gasteiger partial charge in [0.25, 0.3) is 5.95 Å². The molecule has 0 radical (unpaired) electrons. The standard InChI is InChI=1S/C25H43NO5/c1-2-3-4-5-6-7-8-9-10-11-12-13-19-29-24-15-14-23(31-24)25(27)30-22-18-26-16-20-28-21-17-26/h14-15H,2-13,16-22H2,1H3. The molecular weight excluding hydrogens is 394 g/mol. The predicted octanol–water partition coefficient (Wildman–Crippen LogP) is 5.85. The Morgan fingerprint density at radius 3 is 2.13 bits per heavy atom. The molecule has 0 N–H and O–H groups in total. The van der Waals surface area contributed by atoms with E-state index in [1.807, 2.05) is 0 Å². The molecule has 31 heavy (non-hydrogen) atoms. The number of hydrogen-bond acceptors (Lipinski definition) is 6. The number of unbranched alkanes of at least 4 members (excludes halogenated alkanes) is 11. The summed E-state index contributed by atoms with van der Waals surface area (Å²) < 4.78 is 21.7. The summed E-state index contributed by atoms with van der Waals surface area (Å²) in [5.74, 6) is 0.156. The van der Waals surface area contributed by atoms with Crippen LogP contribution in [-0.4, -0.2) is 56.9 Å². The molecule has 0 saturated carbocycles. The predicted molar refractivity (Wildman–Crippen MR) is 123 cm³/mol. The SMILES string of the molecule is CCCCCCCCCCCCCCOc1ccc(C(=O)OCCN2CCOCC2)o1. The van der Waals surface area contributed by atoms with Crippen molar-refractivity contribution in [2.45, 2.75) is 84.0 Å². The third-order valence-electron chi connectivity index (χ3n) is 5.77. The maximum atomic E-state index is 12.1. The number of carbonyl (C=O) groups excluding carboxylic acids is 1. The summed E-state index contributed by atoms with van der Waals surface area (Å²) in [5, 5.41) is 0. The van der Waals surface area contributed by atoms with E-state index in [1.165, 1.54) is 70.6 Å². The molecule has 2 heterocycles. The van der Waals surface area contributed by atoms with Gasteiger partial charge in [0.05, 0.1) is 19.8 Å². The van der Waals surface area contributed by atoms with E-state index in [0.29, 0.717) is 19.2 Å². The van der Waals surface area contributed by atoms with E-state index in [0.717, 1.165) is 39.3 Å². The molecule has 0 aromatic carbocycles. The highest BCUT2D eigenvalue weighted by Crippen LogP contribution is 2.18. The van der Waals surface area contributed by atoms with Gasteiger partial charge in [-0.05, 0) is 12.5 Å². The van der Waals surface area contributed by atoms with Crippen LogP contribution < -0.4 is 4.74 Å². The highest BCUT2D eigenvalue weighted by atomic mass is 16.6. The summed E-state index contributed by atoms with van der Waals surface area (Å²) in [6.45, 7) is 7.22. The smallest absolute Gasteiger partial charge is 0.374 e. The largest absolute Gasteiger partial charge is 0.465 e. The first-order valence-corrected chi connectivity index (χ1v) is 12.5. The van der Waals surface area contributed by atoms with Gasteiger partial charge in [0.15, 0.2) is 0 Å². The van der Waals surface area contributed by atoms with Crippen molar-refractivity contribution in [3.05, 3.63) is 17.9 Å². The van der Waals surface area contributed by atoms with Crippen LogP contribution in [0.3, 0.4) is 0 Å². The summed E-state index contributed by atoms with van der Waals surface area (Å²) in [5.41, 5.74) is 0. The number of furan rings is 1. The molecule has 1 aromatic heterocycles. The molecule has 0 unspecified atom stereocenters. The van der Waals surface area contributed by atoms with Gasteiger partial charge in [-0.25, -0.2) is 4.79 Å². The monoisotopic (exact) mass is 437 g/mol. The normalized spacial score (nSPS) is 14.6. The van der Waals surface area contributed by atoms with Crippen LogP contribution in [-0.2, 0) is 9.47 Å². The molecule has 6 nitrogen and oxygen atoms in total. The van der Waals surface area contributed by atoms with Crippen molar-refractivity contribution in [1.29, 1.82) is 0 Å². The minimum absolute atomic E-state index is 0.201. The lowest BCUT2D eigenvalue weighted by Gasteiger charge is -2.25. The molecule has 0 bridgehead atoms. The van der Waals surface area contributed by atoms with Crippen LogP contribution >= 0.6 is 0 Å². The second kappa shape index (κ2) is 17.1. The zero-order valence-electron chi connectivity index (χ0n) is 19.6. The van der Waals surface area contributed by atoms with E-state index in [4.69, 9.17) is 18.6 Å². The van der Waals surface area contributed by atoms with E-state index in [-0.39, 0.29) is 5.76 Å². The van der Waals surface area contributed by atoms with Gasteiger partial charge < -0.3 is 18.6 Å². The minimum Gasteiger partial charge on any atom is -0.465 e. The summed E-state index contributed by atoms with van der Waals surface area (Å²) in [6.07, 6.45) is 15.8. The van der Waals surface area contributed by atoms with E-state index < -0.39 is 5.97 Å². The van der Waals surface area contributed by atoms with E-state index >= 15 is 0 Å². The molecule has 1 saturated heterocycles. The number of hydrogen-bond donors (Lipinski definition) is 0. The summed E-state index contributed by atoms with van der Waals surface area (Å²) in [7, 11) is 0. The zero-order chi connectivity index (χ0) is 22.0. The Labute approximate surface area is 188 Å². The van der Waals surface area contributed by atoms with Crippen LogP contribution in [0.1, 0.15) is 94.5 Å². The second-order valence-electron chi connectivity index (χ2n) is 8.45. The third kappa shape index (κ3) is 12.2. The van der Waals surface area contributed by atoms with Gasteiger partial charge in [0.1, 0.15) is 6.61 Å². The van der Waals surface area contributed by atoms with E-state index in [2.05, 4.69) is 11.8 Å². The van der Waals surface area contributed by atoms with Gasteiger partial charge >= 0.3 is 5.97 Å². The maximum Gasteiger partial charge on any atom is 0.374 e. The number of nitrogens with zero attached hydrogens (tertiary/aromatic N) is 1. The molecule has 2 rings (SSSR count). The van der Waals surface area contributed by atoms with Crippen LogP contribution in [0.5, 0.6) is 5.95 Å². The average Bonchev–Trinajstić information content (AvgIpc) is 3.27. The van der Waals surface area contributed by atoms with Crippen molar-refractivity contribution in [1.82, 2.24) is 4.90 Å². The number of esters is 1. The first-order valence-electron chi connectivity index (χ1n) is 12.5. The Bertz CT molecular complexity index is 568. The molecule has 1 aromatic rings. The van der Waals surface area contributed by atoms with Gasteiger partial charge in [-0.15, -0.1) is 0 Å². The minimum atomic E-state index is -0.437. The molecule has 0 spiro atoms. The van der Waals surface area contributed by atoms with Gasteiger partial charge in [0.2, 0.25) is 5.76 Å². The number of carbonyl (C=O) groups is 1. The van der Waals surface area contributed by atoms with Crippen molar-refractivity contribution in [3.63, 3.8) is 0 Å². The van der Waals surface area contributed by atoms with Crippen LogP contribution in [0.2, 0.25) is 0 Å². The maximum absolute atomic E-state index is 12.1. The molecule has 1 fully saturated rings. The van der Waals surface area contributed by atoms with Crippen LogP contribution in [0.25, 0.3) is 0 Å². The third-order valence-corrected chi connectivity index (χ3v) is 5.77. The second-order valence-corrected chi connectivity index (χ2v) is 8.45. The fourth-order valence-corrected chi connectivity index (χ4v) is 3.79. The summed E-state index contributed by atoms with van der Waals surface area (Å²) in [4.78, 5) is 14.3. The first-order chi connectivity index (χ1) is 15.3. The zero-order valence-corrected chi connectivity index (χ0v) is 19.6. The fraction of sp³-hybridized carbons (Fsp3) is 0.800. The van der Waals surface area contributed by atoms with Crippen LogP contribution in [0, 0.1) is 0 Å².